The lowest BCUT2D eigenvalue weighted by molar-refractivity contribution is 0.0929. The summed E-state index contributed by atoms with van der Waals surface area (Å²) in [7, 11) is 1.47. The molecule has 2 N–H and O–H groups in total. The number of phenols is 1. The van der Waals surface area contributed by atoms with Crippen LogP contribution in [0.1, 0.15) is 16.1 Å². The molecule has 0 radical (unpaired) electrons. The number of halogens is 2. The molecule has 8 heteroatoms. The second-order valence-electron chi connectivity index (χ2n) is 5.05. The normalized spacial score (nSPS) is 11.2. The number of ether oxygens (including phenoxy) is 1. The molecule has 0 unspecified atom stereocenters. The van der Waals surface area contributed by atoms with Crippen molar-refractivity contribution >= 4 is 61.6 Å². The Morgan fingerprint density at radius 3 is 2.88 bits per heavy atom. The molecule has 0 saturated carbocycles. The molecule has 2 aromatic carbocycles. The first kappa shape index (κ1) is 17.7. The van der Waals surface area contributed by atoms with E-state index in [1.807, 2.05) is 12.1 Å². The summed E-state index contributed by atoms with van der Waals surface area (Å²) in [6, 6.07) is 10.2. The van der Waals surface area contributed by atoms with Gasteiger partial charge in [0.05, 0.1) is 16.9 Å². The van der Waals surface area contributed by atoms with E-state index >= 15 is 0 Å². The van der Waals surface area contributed by atoms with E-state index in [0.29, 0.717) is 16.9 Å². The fourth-order valence-corrected chi connectivity index (χ4v) is 3.86. The molecule has 1 aromatic heterocycles. The predicted molar refractivity (Wildman–Crippen MR) is 106 cm³/mol. The van der Waals surface area contributed by atoms with Gasteiger partial charge in [0, 0.05) is 9.86 Å². The minimum absolute atomic E-state index is 0.00443. The quantitative estimate of drug-likeness (QED) is 0.309. The molecule has 0 aliphatic heterocycles. The van der Waals surface area contributed by atoms with Gasteiger partial charge in [-0.2, -0.15) is 5.10 Å². The highest BCUT2D eigenvalue weighted by atomic mass is 127. The van der Waals surface area contributed by atoms with E-state index in [9.17, 15) is 9.90 Å². The molecular formula is C17H12BrIN2O4. The highest BCUT2D eigenvalue weighted by Crippen LogP contribution is 2.28. The third-order valence-corrected chi connectivity index (χ3v) is 4.60. The second kappa shape index (κ2) is 7.44. The Kier molecular flexibility index (Phi) is 5.28. The Morgan fingerprint density at radius 2 is 2.16 bits per heavy atom. The van der Waals surface area contributed by atoms with Crippen LogP contribution in [0.2, 0.25) is 0 Å². The average Bonchev–Trinajstić information content (AvgIpc) is 2.99. The number of fused-ring (bicyclic) bond motifs is 1. The topological polar surface area (TPSA) is 84.1 Å². The van der Waals surface area contributed by atoms with Crippen molar-refractivity contribution in [3.63, 3.8) is 0 Å². The molecule has 1 amide bonds. The summed E-state index contributed by atoms with van der Waals surface area (Å²) in [6.07, 6.45) is 1.42. The van der Waals surface area contributed by atoms with Crippen molar-refractivity contribution < 1.29 is 19.1 Å². The number of carbonyl (C=O) groups excluding carboxylic acids is 1. The van der Waals surface area contributed by atoms with Crippen molar-refractivity contribution in [1.82, 2.24) is 5.43 Å². The number of amides is 1. The number of nitrogens with one attached hydrogen (secondary N) is 1. The van der Waals surface area contributed by atoms with Gasteiger partial charge in [-0.05, 0) is 64.6 Å². The van der Waals surface area contributed by atoms with Crippen LogP contribution in [0.15, 0.2) is 50.4 Å². The summed E-state index contributed by atoms with van der Waals surface area (Å²) in [5.41, 5.74) is 3.66. The Labute approximate surface area is 165 Å². The molecule has 0 saturated heterocycles. The summed E-state index contributed by atoms with van der Waals surface area (Å²) in [5.74, 6) is 0.0669. The smallest absolute Gasteiger partial charge is 0.307 e. The molecule has 0 aliphatic carbocycles. The zero-order valence-electron chi connectivity index (χ0n) is 12.9. The number of hydrazone groups is 1. The van der Waals surface area contributed by atoms with Crippen molar-refractivity contribution in [2.24, 2.45) is 5.10 Å². The van der Waals surface area contributed by atoms with Crippen LogP contribution in [0.5, 0.6) is 11.5 Å². The van der Waals surface area contributed by atoms with Crippen LogP contribution < -0.4 is 10.2 Å². The van der Waals surface area contributed by atoms with Crippen LogP contribution in [0.25, 0.3) is 11.0 Å². The molecular weight excluding hydrogens is 503 g/mol. The van der Waals surface area contributed by atoms with Crippen LogP contribution in [-0.4, -0.2) is 24.3 Å². The Bertz CT molecular complexity index is 984. The van der Waals surface area contributed by atoms with Crippen LogP contribution in [-0.2, 0) is 0 Å². The molecule has 0 bridgehead atoms. The lowest BCUT2D eigenvalue weighted by Crippen LogP contribution is -2.16. The highest BCUT2D eigenvalue weighted by Gasteiger charge is 2.14. The Balaban J connectivity index is 1.74. The fraction of sp³-hybridized carbons (Fsp3) is 0.0588. The first-order valence-corrected chi connectivity index (χ1v) is 8.94. The van der Waals surface area contributed by atoms with Gasteiger partial charge in [0.1, 0.15) is 5.58 Å². The summed E-state index contributed by atoms with van der Waals surface area (Å²) >= 11 is 5.56. The maximum atomic E-state index is 12.2. The van der Waals surface area contributed by atoms with E-state index in [4.69, 9.17) is 9.15 Å². The van der Waals surface area contributed by atoms with Crippen molar-refractivity contribution in [3.05, 3.63) is 55.8 Å². The van der Waals surface area contributed by atoms with Crippen molar-refractivity contribution in [2.45, 2.75) is 0 Å². The molecule has 0 atom stereocenters. The average molecular weight is 515 g/mol. The van der Waals surface area contributed by atoms with Gasteiger partial charge in [0.2, 0.25) is 0 Å². The van der Waals surface area contributed by atoms with Gasteiger partial charge in [-0.25, -0.2) is 5.43 Å². The first-order chi connectivity index (χ1) is 12.0. The van der Waals surface area contributed by atoms with Gasteiger partial charge in [0.25, 0.3) is 0 Å². The number of phenolic OH excluding ortho intramolecular Hbond substituents is 1. The number of nitrogens with zero attached hydrogens (tertiary/aromatic N) is 1. The first-order valence-electron chi connectivity index (χ1n) is 7.07. The minimum atomic E-state index is -0.461. The van der Waals surface area contributed by atoms with E-state index in [-0.39, 0.29) is 11.5 Å². The number of furan rings is 1. The van der Waals surface area contributed by atoms with Gasteiger partial charge >= 0.3 is 5.91 Å². The van der Waals surface area contributed by atoms with E-state index in [0.717, 1.165) is 13.4 Å². The maximum absolute atomic E-state index is 12.2. The van der Waals surface area contributed by atoms with Gasteiger partial charge in [-0.3, -0.25) is 4.79 Å². The van der Waals surface area contributed by atoms with Crippen LogP contribution in [0, 0.1) is 3.57 Å². The zero-order valence-corrected chi connectivity index (χ0v) is 16.7. The van der Waals surface area contributed by atoms with E-state index in [2.05, 4.69) is 49.0 Å². The summed E-state index contributed by atoms with van der Waals surface area (Å²) in [4.78, 5) is 12.2. The minimum Gasteiger partial charge on any atom is -0.504 e. The second-order valence-corrected chi connectivity index (χ2v) is 7.12. The third kappa shape index (κ3) is 3.96. The van der Waals surface area contributed by atoms with Gasteiger partial charge in [-0.15, -0.1) is 0 Å². The SMILES string of the molecule is COc1ccc(/C=N\NC(=O)c2cc3cc(Br)cc(I)c3o2)cc1O. The lowest BCUT2D eigenvalue weighted by Gasteiger charge is -2.03. The molecule has 0 spiro atoms. The predicted octanol–water partition coefficient (Wildman–Crippen LogP) is 4.28. The van der Waals surface area contributed by atoms with Gasteiger partial charge in [0.15, 0.2) is 17.3 Å². The van der Waals surface area contributed by atoms with E-state index < -0.39 is 5.91 Å². The van der Waals surface area contributed by atoms with Crippen LogP contribution >= 0.6 is 38.5 Å². The molecule has 6 nitrogen and oxygen atoms in total. The van der Waals surface area contributed by atoms with E-state index in [1.165, 1.54) is 19.4 Å². The molecule has 25 heavy (non-hydrogen) atoms. The summed E-state index contributed by atoms with van der Waals surface area (Å²) in [5, 5.41) is 14.4. The number of aromatic hydroxyl groups is 1. The zero-order chi connectivity index (χ0) is 18.0. The number of hydrogen-bond acceptors (Lipinski definition) is 5. The van der Waals surface area contributed by atoms with Crippen LogP contribution in [0.4, 0.5) is 0 Å². The number of rotatable bonds is 4. The number of methoxy groups -OCH3 is 1. The monoisotopic (exact) mass is 514 g/mol. The summed E-state index contributed by atoms with van der Waals surface area (Å²) < 4.78 is 12.4. The number of hydrogen-bond donors (Lipinski definition) is 2. The standard InChI is InChI=1S/C17H12BrIN2O4/c1-24-14-3-2-9(4-13(14)22)8-20-21-17(23)15-6-10-5-11(18)7-12(19)16(10)25-15/h2-8,22H,1H3,(H,21,23)/b20-8-. The van der Waals surface area contributed by atoms with E-state index in [1.54, 1.807) is 18.2 Å². The molecule has 0 aliphatic rings. The third-order valence-electron chi connectivity index (χ3n) is 3.34. The number of carbonyl (C=O) groups is 1. The largest absolute Gasteiger partial charge is 0.504 e. The van der Waals surface area contributed by atoms with Crippen molar-refractivity contribution in [1.29, 1.82) is 0 Å². The van der Waals surface area contributed by atoms with Gasteiger partial charge < -0.3 is 14.3 Å². The maximum Gasteiger partial charge on any atom is 0.307 e. The Hall–Kier alpha value is -2.07. The number of benzene rings is 2. The fourth-order valence-electron chi connectivity index (χ4n) is 2.20. The van der Waals surface area contributed by atoms with Crippen molar-refractivity contribution in [2.75, 3.05) is 7.11 Å². The molecule has 3 aromatic rings. The van der Waals surface area contributed by atoms with Gasteiger partial charge in [-0.1, -0.05) is 15.9 Å². The summed E-state index contributed by atoms with van der Waals surface area (Å²) in [6.45, 7) is 0. The Morgan fingerprint density at radius 1 is 1.36 bits per heavy atom. The molecule has 0 fully saturated rings. The molecule has 1 heterocycles. The van der Waals surface area contributed by atoms with Crippen molar-refractivity contribution in [3.8, 4) is 11.5 Å². The molecule has 128 valence electrons. The molecule has 3 rings (SSSR count). The van der Waals surface area contributed by atoms with Crippen LogP contribution in [0.3, 0.4) is 0 Å². The lowest BCUT2D eigenvalue weighted by atomic mass is 10.2. The highest BCUT2D eigenvalue weighted by molar-refractivity contribution is 14.1.